The number of sulfonamides is 1. The summed E-state index contributed by atoms with van der Waals surface area (Å²) in [5, 5.41) is 2.77. The van der Waals surface area contributed by atoms with Gasteiger partial charge in [0.2, 0.25) is 0 Å². The van der Waals surface area contributed by atoms with Crippen LogP contribution in [0.4, 0.5) is 11.4 Å². The van der Waals surface area contributed by atoms with Gasteiger partial charge in [0.25, 0.3) is 15.9 Å². The van der Waals surface area contributed by atoms with Crippen molar-refractivity contribution in [2.24, 2.45) is 0 Å². The number of amides is 1. The Labute approximate surface area is 178 Å². The molecule has 150 valence electrons. The standard InChI is InChI=1S/C21H19BrN2O4S/c1-2-28-17-11-9-16(10-12-17)23-21(25)19-5-3-4-6-20(19)24-29(26,27)18-13-7-15(22)8-14-18/h3-14,24H,2H2,1H3,(H,23,25). The van der Waals surface area contributed by atoms with Gasteiger partial charge in [0.05, 0.1) is 22.8 Å². The molecule has 0 atom stereocenters. The quantitative estimate of drug-likeness (QED) is 0.509. The molecule has 3 rings (SSSR count). The van der Waals surface area contributed by atoms with Crippen molar-refractivity contribution in [1.29, 1.82) is 0 Å². The third-order valence-corrected chi connectivity index (χ3v) is 5.87. The van der Waals surface area contributed by atoms with Crippen LogP contribution in [0, 0.1) is 0 Å². The Bertz CT molecular complexity index is 1100. The van der Waals surface area contributed by atoms with Crippen molar-refractivity contribution in [2.45, 2.75) is 11.8 Å². The summed E-state index contributed by atoms with van der Waals surface area (Å²) in [6.45, 7) is 2.44. The minimum Gasteiger partial charge on any atom is -0.494 e. The number of halogens is 1. The second-order valence-corrected chi connectivity index (χ2v) is 8.61. The Morgan fingerprint density at radius 2 is 1.62 bits per heavy atom. The van der Waals surface area contributed by atoms with E-state index in [9.17, 15) is 13.2 Å². The van der Waals surface area contributed by atoms with Gasteiger partial charge in [-0.15, -0.1) is 0 Å². The molecule has 0 radical (unpaired) electrons. The topological polar surface area (TPSA) is 84.5 Å². The minimum atomic E-state index is -3.84. The first kappa shape index (κ1) is 20.9. The lowest BCUT2D eigenvalue weighted by Gasteiger charge is -2.13. The Balaban J connectivity index is 1.81. The maximum absolute atomic E-state index is 12.7. The van der Waals surface area contributed by atoms with Crippen LogP contribution in [0.3, 0.4) is 0 Å². The average molecular weight is 475 g/mol. The molecule has 0 aromatic heterocycles. The fourth-order valence-corrected chi connectivity index (χ4v) is 3.93. The number of carbonyl (C=O) groups is 1. The molecule has 29 heavy (non-hydrogen) atoms. The van der Waals surface area contributed by atoms with Crippen LogP contribution in [0.1, 0.15) is 17.3 Å². The molecule has 3 aromatic carbocycles. The Morgan fingerprint density at radius 3 is 2.28 bits per heavy atom. The van der Waals surface area contributed by atoms with Crippen molar-refractivity contribution in [1.82, 2.24) is 0 Å². The second kappa shape index (κ2) is 9.11. The lowest BCUT2D eigenvalue weighted by molar-refractivity contribution is 0.102. The number of carbonyl (C=O) groups excluding carboxylic acids is 1. The van der Waals surface area contributed by atoms with E-state index in [1.165, 1.54) is 12.1 Å². The zero-order chi connectivity index (χ0) is 20.9. The van der Waals surface area contributed by atoms with Crippen LogP contribution in [-0.4, -0.2) is 20.9 Å². The van der Waals surface area contributed by atoms with Gasteiger partial charge in [0, 0.05) is 10.2 Å². The summed E-state index contributed by atoms with van der Waals surface area (Å²) in [6, 6.07) is 19.6. The average Bonchev–Trinajstić information content (AvgIpc) is 2.70. The lowest BCUT2D eigenvalue weighted by atomic mass is 10.1. The summed E-state index contributed by atoms with van der Waals surface area (Å²) in [7, 11) is -3.84. The lowest BCUT2D eigenvalue weighted by Crippen LogP contribution is -2.18. The molecule has 0 unspecified atom stereocenters. The van der Waals surface area contributed by atoms with Crippen LogP contribution >= 0.6 is 15.9 Å². The van der Waals surface area contributed by atoms with Crippen LogP contribution in [0.2, 0.25) is 0 Å². The van der Waals surface area contributed by atoms with Gasteiger partial charge in [-0.05, 0) is 67.6 Å². The molecular weight excluding hydrogens is 456 g/mol. The number of nitrogens with one attached hydrogen (secondary N) is 2. The molecular formula is C21H19BrN2O4S. The van der Waals surface area contributed by atoms with Gasteiger partial charge in [0.1, 0.15) is 5.75 Å². The molecule has 0 spiro atoms. The monoisotopic (exact) mass is 474 g/mol. The van der Waals surface area contributed by atoms with E-state index in [0.29, 0.717) is 18.0 Å². The van der Waals surface area contributed by atoms with E-state index >= 15 is 0 Å². The predicted octanol–water partition coefficient (Wildman–Crippen LogP) is 4.90. The van der Waals surface area contributed by atoms with Gasteiger partial charge in [-0.2, -0.15) is 0 Å². The van der Waals surface area contributed by atoms with Crippen LogP contribution < -0.4 is 14.8 Å². The molecule has 3 aromatic rings. The highest BCUT2D eigenvalue weighted by molar-refractivity contribution is 9.10. The third kappa shape index (κ3) is 5.36. The number of rotatable bonds is 7. The number of hydrogen-bond donors (Lipinski definition) is 2. The summed E-state index contributed by atoms with van der Waals surface area (Å²) >= 11 is 3.28. The van der Waals surface area contributed by atoms with Crippen molar-refractivity contribution in [3.05, 3.63) is 82.8 Å². The molecule has 0 aliphatic carbocycles. The summed E-state index contributed by atoms with van der Waals surface area (Å²) in [5.74, 6) is 0.274. The highest BCUT2D eigenvalue weighted by Gasteiger charge is 2.18. The highest BCUT2D eigenvalue weighted by atomic mass is 79.9. The van der Waals surface area contributed by atoms with Gasteiger partial charge in [-0.25, -0.2) is 8.42 Å². The zero-order valence-corrected chi connectivity index (χ0v) is 18.0. The summed E-state index contributed by atoms with van der Waals surface area (Å²) in [6.07, 6.45) is 0. The van der Waals surface area contributed by atoms with Crippen LogP contribution in [0.25, 0.3) is 0 Å². The first-order valence-electron chi connectivity index (χ1n) is 8.80. The normalized spacial score (nSPS) is 11.0. The molecule has 8 heteroatoms. The third-order valence-electron chi connectivity index (χ3n) is 3.96. The van der Waals surface area contributed by atoms with Gasteiger partial charge in [-0.1, -0.05) is 28.1 Å². The van der Waals surface area contributed by atoms with E-state index in [2.05, 4.69) is 26.0 Å². The van der Waals surface area contributed by atoms with Gasteiger partial charge in [-0.3, -0.25) is 9.52 Å². The van der Waals surface area contributed by atoms with Crippen LogP contribution in [0.15, 0.2) is 82.2 Å². The summed E-state index contributed by atoms with van der Waals surface area (Å²) in [4.78, 5) is 12.8. The van der Waals surface area contributed by atoms with E-state index in [0.717, 1.165) is 4.47 Å². The van der Waals surface area contributed by atoms with E-state index < -0.39 is 15.9 Å². The van der Waals surface area contributed by atoms with Gasteiger partial charge < -0.3 is 10.1 Å². The molecule has 0 saturated heterocycles. The first-order valence-corrected chi connectivity index (χ1v) is 11.1. The summed E-state index contributed by atoms with van der Waals surface area (Å²) in [5.41, 5.74) is 0.977. The smallest absolute Gasteiger partial charge is 0.261 e. The molecule has 6 nitrogen and oxygen atoms in total. The maximum atomic E-state index is 12.7. The molecule has 0 heterocycles. The summed E-state index contributed by atoms with van der Waals surface area (Å²) < 4.78 is 34.0. The SMILES string of the molecule is CCOc1ccc(NC(=O)c2ccccc2NS(=O)(=O)c2ccc(Br)cc2)cc1. The number of anilines is 2. The van der Waals surface area contributed by atoms with Gasteiger partial charge >= 0.3 is 0 Å². The zero-order valence-electron chi connectivity index (χ0n) is 15.6. The largest absolute Gasteiger partial charge is 0.494 e. The molecule has 0 fully saturated rings. The molecule has 0 aliphatic heterocycles. The maximum Gasteiger partial charge on any atom is 0.261 e. The van der Waals surface area contributed by atoms with Crippen molar-refractivity contribution >= 4 is 43.2 Å². The number of ether oxygens (including phenoxy) is 1. The van der Waals surface area contributed by atoms with E-state index in [1.807, 2.05) is 6.92 Å². The Kier molecular flexibility index (Phi) is 6.56. The molecule has 0 saturated carbocycles. The van der Waals surface area contributed by atoms with Gasteiger partial charge in [0.15, 0.2) is 0 Å². The minimum absolute atomic E-state index is 0.0995. The van der Waals surface area contributed by atoms with Crippen molar-refractivity contribution < 1.29 is 17.9 Å². The fourth-order valence-electron chi connectivity index (χ4n) is 2.59. The molecule has 0 aliphatic rings. The predicted molar refractivity (Wildman–Crippen MR) is 117 cm³/mol. The Hall–Kier alpha value is -2.84. The Morgan fingerprint density at radius 1 is 0.966 bits per heavy atom. The fraction of sp³-hybridized carbons (Fsp3) is 0.0952. The van der Waals surface area contributed by atoms with Crippen LogP contribution in [-0.2, 0) is 10.0 Å². The number of benzene rings is 3. The van der Waals surface area contributed by atoms with Crippen molar-refractivity contribution in [3.63, 3.8) is 0 Å². The van der Waals surface area contributed by atoms with Crippen molar-refractivity contribution in [2.75, 3.05) is 16.6 Å². The highest BCUT2D eigenvalue weighted by Crippen LogP contribution is 2.23. The second-order valence-electron chi connectivity index (χ2n) is 6.02. The van der Waals surface area contributed by atoms with E-state index in [-0.39, 0.29) is 16.1 Å². The van der Waals surface area contributed by atoms with Crippen LogP contribution in [0.5, 0.6) is 5.75 Å². The molecule has 0 bridgehead atoms. The van der Waals surface area contributed by atoms with Crippen molar-refractivity contribution in [3.8, 4) is 5.75 Å². The number of para-hydroxylation sites is 1. The molecule has 1 amide bonds. The van der Waals surface area contributed by atoms with E-state index in [1.54, 1.807) is 60.7 Å². The molecule has 2 N–H and O–H groups in total. The van der Waals surface area contributed by atoms with E-state index in [4.69, 9.17) is 4.74 Å². The first-order chi connectivity index (χ1) is 13.9. The number of hydrogen-bond acceptors (Lipinski definition) is 4.